The van der Waals surface area contributed by atoms with Gasteiger partial charge in [-0.05, 0) is 26.7 Å². The predicted molar refractivity (Wildman–Crippen MR) is 60.2 cm³/mol. The van der Waals surface area contributed by atoms with Gasteiger partial charge in [-0.2, -0.15) is 0 Å². The average molecular weight is 226 g/mol. The number of carbonyl (C=O) groups is 2. The minimum atomic E-state index is -1.07. The van der Waals surface area contributed by atoms with Gasteiger partial charge in [-0.3, -0.25) is 0 Å². The van der Waals surface area contributed by atoms with E-state index in [2.05, 4.69) is 11.9 Å². The first-order valence-corrected chi connectivity index (χ1v) is 5.31. The fourth-order valence-electron chi connectivity index (χ4n) is 1.83. The van der Waals surface area contributed by atoms with Crippen molar-refractivity contribution in [2.24, 2.45) is 0 Å². The fraction of sp³-hybridized carbons (Fsp3) is 0.636. The van der Waals surface area contributed by atoms with Gasteiger partial charge in [-0.15, -0.1) is 0 Å². The van der Waals surface area contributed by atoms with Gasteiger partial charge in [-0.25, -0.2) is 9.59 Å². The molecular weight excluding hydrogens is 208 g/mol. The van der Waals surface area contributed by atoms with Gasteiger partial charge >= 0.3 is 12.0 Å². The van der Waals surface area contributed by atoms with Crippen molar-refractivity contribution in [3.63, 3.8) is 0 Å². The summed E-state index contributed by atoms with van der Waals surface area (Å²) in [5, 5.41) is 11.8. The monoisotopic (exact) mass is 226 g/mol. The predicted octanol–water partition coefficient (Wildman–Crippen LogP) is 1.21. The van der Waals surface area contributed by atoms with E-state index in [9.17, 15) is 9.59 Å². The van der Waals surface area contributed by atoms with Crippen LogP contribution in [0.3, 0.4) is 0 Å². The maximum Gasteiger partial charge on any atom is 0.329 e. The molecule has 1 unspecified atom stereocenters. The standard InChI is InChI=1S/C11H18N2O3/c1-8(2)7-12-10(16)13-6-4-5-11(13,3)9(14)15/h1,4-7H2,2-3H3,(H,12,16)(H,14,15). The lowest BCUT2D eigenvalue weighted by Crippen LogP contribution is -2.54. The van der Waals surface area contributed by atoms with Gasteiger partial charge in [0, 0.05) is 13.1 Å². The minimum Gasteiger partial charge on any atom is -0.480 e. The number of nitrogens with one attached hydrogen (secondary N) is 1. The lowest BCUT2D eigenvalue weighted by Gasteiger charge is -2.31. The first-order valence-electron chi connectivity index (χ1n) is 5.31. The number of hydrogen-bond acceptors (Lipinski definition) is 2. The highest BCUT2D eigenvalue weighted by Crippen LogP contribution is 2.29. The second kappa shape index (κ2) is 4.55. The molecule has 5 nitrogen and oxygen atoms in total. The van der Waals surface area contributed by atoms with Crippen LogP contribution in [0.4, 0.5) is 4.79 Å². The summed E-state index contributed by atoms with van der Waals surface area (Å²) in [7, 11) is 0. The molecule has 0 bridgehead atoms. The Hall–Kier alpha value is -1.52. The molecule has 2 amide bonds. The largest absolute Gasteiger partial charge is 0.480 e. The van der Waals surface area contributed by atoms with Crippen molar-refractivity contribution in [2.45, 2.75) is 32.2 Å². The summed E-state index contributed by atoms with van der Waals surface area (Å²) in [5.74, 6) is -0.949. The fourth-order valence-corrected chi connectivity index (χ4v) is 1.83. The summed E-state index contributed by atoms with van der Waals surface area (Å²) in [6.07, 6.45) is 1.23. The van der Waals surface area contributed by atoms with Gasteiger partial charge < -0.3 is 15.3 Å². The van der Waals surface area contributed by atoms with Gasteiger partial charge in [0.1, 0.15) is 5.54 Å². The maximum atomic E-state index is 11.8. The Morgan fingerprint density at radius 3 is 2.69 bits per heavy atom. The number of urea groups is 1. The highest BCUT2D eigenvalue weighted by atomic mass is 16.4. The van der Waals surface area contributed by atoms with Crippen LogP contribution in [0, 0.1) is 0 Å². The third kappa shape index (κ3) is 2.35. The average Bonchev–Trinajstić information content (AvgIpc) is 2.58. The molecule has 0 radical (unpaired) electrons. The van der Waals surface area contributed by atoms with E-state index < -0.39 is 11.5 Å². The Labute approximate surface area is 95.1 Å². The molecule has 1 atom stereocenters. The molecule has 1 aliphatic heterocycles. The Morgan fingerprint density at radius 1 is 1.56 bits per heavy atom. The number of hydrogen-bond donors (Lipinski definition) is 2. The molecule has 90 valence electrons. The van der Waals surface area contributed by atoms with E-state index in [-0.39, 0.29) is 6.03 Å². The van der Waals surface area contributed by atoms with E-state index in [1.807, 2.05) is 0 Å². The Morgan fingerprint density at radius 2 is 2.19 bits per heavy atom. The minimum absolute atomic E-state index is 0.328. The second-order valence-electron chi connectivity index (χ2n) is 4.45. The molecule has 5 heteroatoms. The Balaban J connectivity index is 2.68. The topological polar surface area (TPSA) is 69.6 Å². The molecule has 2 N–H and O–H groups in total. The third-order valence-corrected chi connectivity index (χ3v) is 2.89. The van der Waals surface area contributed by atoms with Gasteiger partial charge in [0.2, 0.25) is 0 Å². The molecule has 1 saturated heterocycles. The van der Waals surface area contributed by atoms with Gasteiger partial charge in [0.05, 0.1) is 0 Å². The molecule has 0 aromatic carbocycles. The van der Waals surface area contributed by atoms with Gasteiger partial charge in [-0.1, -0.05) is 12.2 Å². The van der Waals surface area contributed by atoms with Gasteiger partial charge in [0.25, 0.3) is 0 Å². The first-order chi connectivity index (χ1) is 7.38. The lowest BCUT2D eigenvalue weighted by molar-refractivity contribution is -0.147. The Kier molecular flexibility index (Phi) is 3.57. The SMILES string of the molecule is C=C(C)CNC(=O)N1CCCC1(C)C(=O)O. The van der Waals surface area contributed by atoms with Crippen LogP contribution in [0.25, 0.3) is 0 Å². The maximum absolute atomic E-state index is 11.8. The van der Waals surface area contributed by atoms with Crippen molar-refractivity contribution in [1.29, 1.82) is 0 Å². The molecule has 0 aromatic heterocycles. The number of carboxylic acids is 1. The zero-order chi connectivity index (χ0) is 12.3. The van der Waals surface area contributed by atoms with Crippen molar-refractivity contribution in [3.05, 3.63) is 12.2 Å². The van der Waals surface area contributed by atoms with Crippen molar-refractivity contribution < 1.29 is 14.7 Å². The van der Waals surface area contributed by atoms with E-state index in [1.54, 1.807) is 13.8 Å². The normalized spacial score (nSPS) is 24.2. The number of aliphatic carboxylic acids is 1. The molecule has 1 rings (SSSR count). The highest BCUT2D eigenvalue weighted by Gasteiger charge is 2.45. The van der Waals surface area contributed by atoms with Crippen LogP contribution in [0.2, 0.25) is 0 Å². The Bertz CT molecular complexity index is 327. The molecule has 0 saturated carbocycles. The number of likely N-dealkylation sites (tertiary alicyclic amines) is 1. The molecule has 0 aliphatic carbocycles. The van der Waals surface area contributed by atoms with Crippen LogP contribution in [-0.2, 0) is 4.79 Å². The zero-order valence-corrected chi connectivity index (χ0v) is 9.75. The van der Waals surface area contributed by atoms with Crippen molar-refractivity contribution in [2.75, 3.05) is 13.1 Å². The second-order valence-corrected chi connectivity index (χ2v) is 4.45. The zero-order valence-electron chi connectivity index (χ0n) is 9.75. The quantitative estimate of drug-likeness (QED) is 0.711. The van der Waals surface area contributed by atoms with Crippen LogP contribution in [0.5, 0.6) is 0 Å². The summed E-state index contributed by atoms with van der Waals surface area (Å²) in [5.41, 5.74) is -0.233. The molecule has 16 heavy (non-hydrogen) atoms. The van der Waals surface area contributed by atoms with Gasteiger partial charge in [0.15, 0.2) is 0 Å². The third-order valence-electron chi connectivity index (χ3n) is 2.89. The molecular formula is C11H18N2O3. The lowest BCUT2D eigenvalue weighted by atomic mass is 10.00. The summed E-state index contributed by atoms with van der Waals surface area (Å²) >= 11 is 0. The van der Waals surface area contributed by atoms with Crippen LogP contribution in [0.15, 0.2) is 12.2 Å². The number of carboxylic acid groups (broad SMARTS) is 1. The van der Waals surface area contributed by atoms with E-state index in [0.29, 0.717) is 19.5 Å². The van der Waals surface area contributed by atoms with E-state index in [4.69, 9.17) is 5.11 Å². The number of amides is 2. The summed E-state index contributed by atoms with van der Waals surface area (Å²) in [6.45, 7) is 7.94. The molecule has 1 fully saturated rings. The number of nitrogens with zero attached hydrogens (tertiary/aromatic N) is 1. The molecule has 0 aromatic rings. The van der Waals surface area contributed by atoms with Crippen molar-refractivity contribution in [1.82, 2.24) is 10.2 Å². The molecule has 1 heterocycles. The van der Waals surface area contributed by atoms with Crippen molar-refractivity contribution in [3.8, 4) is 0 Å². The van der Waals surface area contributed by atoms with E-state index >= 15 is 0 Å². The van der Waals surface area contributed by atoms with Crippen LogP contribution in [-0.4, -0.2) is 40.6 Å². The number of rotatable bonds is 3. The molecule has 1 aliphatic rings. The summed E-state index contributed by atoms with van der Waals surface area (Å²) < 4.78 is 0. The highest BCUT2D eigenvalue weighted by molar-refractivity contribution is 5.86. The van der Waals surface area contributed by atoms with Crippen LogP contribution < -0.4 is 5.32 Å². The number of carbonyl (C=O) groups excluding carboxylic acids is 1. The first kappa shape index (κ1) is 12.5. The van der Waals surface area contributed by atoms with Crippen LogP contribution >= 0.6 is 0 Å². The van der Waals surface area contributed by atoms with E-state index in [1.165, 1.54) is 4.90 Å². The van der Waals surface area contributed by atoms with Crippen LogP contribution in [0.1, 0.15) is 26.7 Å². The summed E-state index contributed by atoms with van der Waals surface area (Å²) in [4.78, 5) is 24.3. The smallest absolute Gasteiger partial charge is 0.329 e. The summed E-state index contributed by atoms with van der Waals surface area (Å²) in [6, 6.07) is -0.328. The van der Waals surface area contributed by atoms with E-state index in [0.717, 1.165) is 12.0 Å². The molecule has 0 spiro atoms. The van der Waals surface area contributed by atoms with Crippen molar-refractivity contribution >= 4 is 12.0 Å².